The van der Waals surface area contributed by atoms with Crippen LogP contribution in [0.2, 0.25) is 0 Å². The Hall–Kier alpha value is -1.88. The van der Waals surface area contributed by atoms with Gasteiger partial charge in [-0.25, -0.2) is 4.39 Å². The summed E-state index contributed by atoms with van der Waals surface area (Å²) in [5.41, 5.74) is 3.44. The van der Waals surface area contributed by atoms with E-state index in [-0.39, 0.29) is 12.2 Å². The van der Waals surface area contributed by atoms with Crippen molar-refractivity contribution >= 4 is 16.9 Å². The Morgan fingerprint density at radius 3 is 3.00 bits per heavy atom. The Labute approximate surface area is 122 Å². The smallest absolute Gasteiger partial charge is 0.303 e. The van der Waals surface area contributed by atoms with Crippen molar-refractivity contribution in [2.75, 3.05) is 13.6 Å². The molecule has 0 atom stereocenters. The SMILES string of the molecule is CN1CCc2c(c3cc(F)ccc3n2CCCC(=O)O)C1. The zero-order chi connectivity index (χ0) is 15.0. The molecule has 1 aliphatic heterocycles. The lowest BCUT2D eigenvalue weighted by atomic mass is 10.0. The van der Waals surface area contributed by atoms with Crippen LogP contribution in [0, 0.1) is 5.82 Å². The lowest BCUT2D eigenvalue weighted by molar-refractivity contribution is -0.137. The van der Waals surface area contributed by atoms with Gasteiger partial charge in [0.05, 0.1) is 0 Å². The molecule has 1 aromatic heterocycles. The van der Waals surface area contributed by atoms with Crippen molar-refractivity contribution < 1.29 is 14.3 Å². The first-order valence-electron chi connectivity index (χ1n) is 7.26. The van der Waals surface area contributed by atoms with E-state index in [4.69, 9.17) is 5.11 Å². The van der Waals surface area contributed by atoms with Crippen LogP contribution in [0.3, 0.4) is 0 Å². The lowest BCUT2D eigenvalue weighted by Gasteiger charge is -2.24. The summed E-state index contributed by atoms with van der Waals surface area (Å²) in [7, 11) is 2.07. The molecule has 0 fully saturated rings. The maximum atomic E-state index is 13.6. The molecule has 0 spiro atoms. The van der Waals surface area contributed by atoms with Crippen LogP contribution in [0.25, 0.3) is 10.9 Å². The molecule has 0 unspecified atom stereocenters. The average Bonchev–Trinajstić information content (AvgIpc) is 2.72. The van der Waals surface area contributed by atoms with Crippen molar-refractivity contribution in [3.05, 3.63) is 35.3 Å². The number of fused-ring (bicyclic) bond motifs is 3. The summed E-state index contributed by atoms with van der Waals surface area (Å²) in [4.78, 5) is 12.9. The number of rotatable bonds is 4. The molecule has 0 radical (unpaired) electrons. The van der Waals surface area contributed by atoms with E-state index in [1.165, 1.54) is 17.3 Å². The van der Waals surface area contributed by atoms with Gasteiger partial charge in [-0.3, -0.25) is 4.79 Å². The largest absolute Gasteiger partial charge is 0.481 e. The topological polar surface area (TPSA) is 45.5 Å². The van der Waals surface area contributed by atoms with Crippen LogP contribution in [0.15, 0.2) is 18.2 Å². The zero-order valence-electron chi connectivity index (χ0n) is 12.1. The van der Waals surface area contributed by atoms with Crippen LogP contribution in [-0.4, -0.2) is 34.1 Å². The van der Waals surface area contributed by atoms with E-state index in [2.05, 4.69) is 16.5 Å². The molecule has 2 heterocycles. The first-order chi connectivity index (χ1) is 10.1. The number of aromatic nitrogens is 1. The maximum Gasteiger partial charge on any atom is 0.303 e. The van der Waals surface area contributed by atoms with Gasteiger partial charge in [-0.2, -0.15) is 0 Å². The van der Waals surface area contributed by atoms with Crippen LogP contribution < -0.4 is 0 Å². The minimum absolute atomic E-state index is 0.162. The molecule has 3 rings (SSSR count). The summed E-state index contributed by atoms with van der Waals surface area (Å²) in [6.07, 6.45) is 1.68. The summed E-state index contributed by atoms with van der Waals surface area (Å²) < 4.78 is 15.8. The molecule has 0 saturated carbocycles. The maximum absolute atomic E-state index is 13.6. The fraction of sp³-hybridized carbons (Fsp3) is 0.438. The van der Waals surface area contributed by atoms with E-state index in [1.807, 2.05) is 6.07 Å². The average molecular weight is 290 g/mol. The molecule has 0 bridgehead atoms. The molecule has 4 nitrogen and oxygen atoms in total. The molecule has 112 valence electrons. The van der Waals surface area contributed by atoms with Crippen molar-refractivity contribution in [3.63, 3.8) is 0 Å². The number of likely N-dealkylation sites (N-methyl/N-ethyl adjacent to an activating group) is 1. The monoisotopic (exact) mass is 290 g/mol. The van der Waals surface area contributed by atoms with Gasteiger partial charge in [-0.1, -0.05) is 0 Å². The van der Waals surface area contributed by atoms with Crippen LogP contribution in [0.5, 0.6) is 0 Å². The second kappa shape index (κ2) is 5.48. The number of halogens is 1. The number of aryl methyl sites for hydroxylation is 1. The molecule has 0 saturated heterocycles. The highest BCUT2D eigenvalue weighted by Crippen LogP contribution is 2.31. The van der Waals surface area contributed by atoms with Crippen molar-refractivity contribution in [2.24, 2.45) is 0 Å². The van der Waals surface area contributed by atoms with Crippen molar-refractivity contribution in [1.82, 2.24) is 9.47 Å². The van der Waals surface area contributed by atoms with Gasteiger partial charge in [0.2, 0.25) is 0 Å². The molecule has 21 heavy (non-hydrogen) atoms. The summed E-state index contributed by atoms with van der Waals surface area (Å²) in [6.45, 7) is 2.47. The molecule has 1 N–H and O–H groups in total. The molecule has 1 aromatic carbocycles. The van der Waals surface area contributed by atoms with Crippen molar-refractivity contribution in [1.29, 1.82) is 0 Å². The van der Waals surface area contributed by atoms with Gasteiger partial charge in [0.1, 0.15) is 5.82 Å². The fourth-order valence-electron chi connectivity index (χ4n) is 3.20. The Morgan fingerprint density at radius 2 is 2.24 bits per heavy atom. The second-order valence-corrected chi connectivity index (χ2v) is 5.72. The molecule has 0 amide bonds. The predicted molar refractivity (Wildman–Crippen MR) is 78.8 cm³/mol. The Morgan fingerprint density at radius 1 is 1.43 bits per heavy atom. The van der Waals surface area contributed by atoms with E-state index in [0.29, 0.717) is 13.0 Å². The Kier molecular flexibility index (Phi) is 3.68. The van der Waals surface area contributed by atoms with Gasteiger partial charge >= 0.3 is 5.97 Å². The molecule has 1 aliphatic rings. The highest BCUT2D eigenvalue weighted by molar-refractivity contribution is 5.86. The second-order valence-electron chi connectivity index (χ2n) is 5.72. The van der Waals surface area contributed by atoms with E-state index >= 15 is 0 Å². The zero-order valence-corrected chi connectivity index (χ0v) is 12.1. The third kappa shape index (κ3) is 2.65. The van der Waals surface area contributed by atoms with Crippen molar-refractivity contribution in [2.45, 2.75) is 32.4 Å². The van der Waals surface area contributed by atoms with E-state index < -0.39 is 5.97 Å². The van der Waals surface area contributed by atoms with Crippen LogP contribution in [0.1, 0.15) is 24.1 Å². The van der Waals surface area contributed by atoms with Crippen LogP contribution >= 0.6 is 0 Å². The number of carboxylic acid groups (broad SMARTS) is 1. The molecule has 0 aliphatic carbocycles. The first-order valence-corrected chi connectivity index (χ1v) is 7.26. The minimum Gasteiger partial charge on any atom is -0.481 e. The lowest BCUT2D eigenvalue weighted by Crippen LogP contribution is -2.27. The quantitative estimate of drug-likeness (QED) is 0.941. The van der Waals surface area contributed by atoms with E-state index in [9.17, 15) is 9.18 Å². The summed E-state index contributed by atoms with van der Waals surface area (Å²) in [5, 5.41) is 9.76. The molecule has 2 aromatic rings. The van der Waals surface area contributed by atoms with Crippen molar-refractivity contribution in [3.8, 4) is 0 Å². The van der Waals surface area contributed by atoms with Crippen LogP contribution in [0.4, 0.5) is 4.39 Å². The molecule has 5 heteroatoms. The number of hydrogen-bond donors (Lipinski definition) is 1. The Bertz CT molecular complexity index is 693. The number of hydrogen-bond acceptors (Lipinski definition) is 2. The number of aliphatic carboxylic acids is 1. The standard InChI is InChI=1S/C16H19FN2O2/c1-18-8-6-15-13(10-18)12-9-11(17)4-5-14(12)19(15)7-2-3-16(20)21/h4-5,9H,2-3,6-8,10H2,1H3,(H,20,21). The summed E-state index contributed by atoms with van der Waals surface area (Å²) in [6, 6.07) is 4.88. The first kappa shape index (κ1) is 14.1. The summed E-state index contributed by atoms with van der Waals surface area (Å²) in [5.74, 6) is -0.993. The van der Waals surface area contributed by atoms with Gasteiger partial charge in [0.25, 0.3) is 0 Å². The van der Waals surface area contributed by atoms with Gasteiger partial charge in [-0.05, 0) is 37.2 Å². The highest BCUT2D eigenvalue weighted by Gasteiger charge is 2.22. The number of carbonyl (C=O) groups is 1. The van der Waals surface area contributed by atoms with E-state index in [1.54, 1.807) is 6.07 Å². The number of benzene rings is 1. The van der Waals surface area contributed by atoms with Gasteiger partial charge < -0.3 is 14.6 Å². The normalized spacial score (nSPS) is 15.3. The van der Waals surface area contributed by atoms with Gasteiger partial charge in [0, 0.05) is 49.1 Å². The summed E-state index contributed by atoms with van der Waals surface area (Å²) >= 11 is 0. The third-order valence-electron chi connectivity index (χ3n) is 4.18. The van der Waals surface area contributed by atoms with E-state index in [0.717, 1.165) is 30.4 Å². The number of nitrogens with zero attached hydrogens (tertiary/aromatic N) is 2. The predicted octanol–water partition coefficient (Wildman–Crippen LogP) is 2.63. The number of carboxylic acids is 1. The third-order valence-corrected chi connectivity index (χ3v) is 4.18. The minimum atomic E-state index is -0.772. The van der Waals surface area contributed by atoms with Crippen LogP contribution in [-0.2, 0) is 24.3 Å². The molecular weight excluding hydrogens is 271 g/mol. The van der Waals surface area contributed by atoms with Gasteiger partial charge in [0.15, 0.2) is 0 Å². The molecular formula is C16H19FN2O2. The fourth-order valence-corrected chi connectivity index (χ4v) is 3.20. The highest BCUT2D eigenvalue weighted by atomic mass is 19.1. The Balaban J connectivity index is 2.03. The van der Waals surface area contributed by atoms with Gasteiger partial charge in [-0.15, -0.1) is 0 Å².